The lowest BCUT2D eigenvalue weighted by Crippen LogP contribution is -2.29. The van der Waals surface area contributed by atoms with Gasteiger partial charge in [0.1, 0.15) is 0 Å². The number of carbonyl (C=O) groups excluding carboxylic acids is 2. The summed E-state index contributed by atoms with van der Waals surface area (Å²) in [7, 11) is 0. The van der Waals surface area contributed by atoms with E-state index in [2.05, 4.69) is 55.6 Å². The molecule has 5 nitrogen and oxygen atoms in total. The summed E-state index contributed by atoms with van der Waals surface area (Å²) in [5.41, 5.74) is 6.16. The third kappa shape index (κ3) is 5.75. The van der Waals surface area contributed by atoms with Gasteiger partial charge in [-0.05, 0) is 53.5 Å². The van der Waals surface area contributed by atoms with Gasteiger partial charge in [-0.15, -0.1) is 0 Å². The lowest BCUT2D eigenvalue weighted by atomic mass is 9.86. The van der Waals surface area contributed by atoms with Crippen LogP contribution in [-0.4, -0.2) is 23.7 Å². The average molecular weight is 445 g/mol. The Morgan fingerprint density at radius 1 is 0.969 bits per heavy atom. The summed E-state index contributed by atoms with van der Waals surface area (Å²) in [6.45, 7) is 8.14. The van der Waals surface area contributed by atoms with Gasteiger partial charge in [-0.1, -0.05) is 57.2 Å². The molecule has 32 heavy (non-hydrogen) atoms. The van der Waals surface area contributed by atoms with Crippen LogP contribution < -0.4 is 10.7 Å². The minimum atomic E-state index is -4.95. The van der Waals surface area contributed by atoms with Crippen LogP contribution >= 0.6 is 0 Å². The van der Waals surface area contributed by atoms with Crippen molar-refractivity contribution in [1.29, 1.82) is 0 Å². The lowest BCUT2D eigenvalue weighted by molar-refractivity contribution is -0.167. The minimum Gasteiger partial charge on any atom is -0.318 e. The molecule has 170 valence electrons. The molecule has 0 heterocycles. The Hall–Kier alpha value is -3.16. The zero-order valence-electron chi connectivity index (χ0n) is 18.4. The van der Waals surface area contributed by atoms with E-state index in [0.717, 1.165) is 12.0 Å². The van der Waals surface area contributed by atoms with Gasteiger partial charge >= 0.3 is 12.1 Å². The molecular weight excluding hydrogens is 419 g/mol. The van der Waals surface area contributed by atoms with E-state index in [4.69, 9.17) is 0 Å². The highest BCUT2D eigenvalue weighted by atomic mass is 19.4. The van der Waals surface area contributed by atoms with Crippen molar-refractivity contribution in [2.24, 2.45) is 11.0 Å². The molecule has 2 amide bonds. The summed E-state index contributed by atoms with van der Waals surface area (Å²) in [5, 5.41) is 5.89. The molecule has 2 aromatic carbocycles. The van der Waals surface area contributed by atoms with Gasteiger partial charge in [-0.3, -0.25) is 9.59 Å². The number of hydrogen-bond donors (Lipinski definition) is 2. The van der Waals surface area contributed by atoms with Gasteiger partial charge in [0.15, 0.2) is 0 Å². The van der Waals surface area contributed by atoms with E-state index >= 15 is 0 Å². The number of nitrogens with zero attached hydrogens (tertiary/aromatic N) is 1. The molecule has 1 saturated carbocycles. The van der Waals surface area contributed by atoms with Gasteiger partial charge in [0.05, 0.1) is 5.71 Å². The molecule has 0 saturated heterocycles. The first-order valence-corrected chi connectivity index (χ1v) is 10.3. The first kappa shape index (κ1) is 23.5. The lowest BCUT2D eigenvalue weighted by Gasteiger charge is -2.19. The maximum atomic E-state index is 12.4. The van der Waals surface area contributed by atoms with E-state index < -0.39 is 12.1 Å². The second-order valence-electron chi connectivity index (χ2n) is 9.02. The van der Waals surface area contributed by atoms with Crippen molar-refractivity contribution in [3.05, 3.63) is 65.2 Å². The quantitative estimate of drug-likeness (QED) is 0.495. The summed E-state index contributed by atoms with van der Waals surface area (Å²) >= 11 is 0. The van der Waals surface area contributed by atoms with Gasteiger partial charge < -0.3 is 5.32 Å². The van der Waals surface area contributed by atoms with E-state index in [1.165, 1.54) is 29.8 Å². The Labute approximate surface area is 185 Å². The van der Waals surface area contributed by atoms with E-state index in [9.17, 15) is 22.8 Å². The number of anilines is 1. The first-order chi connectivity index (χ1) is 14.9. The summed E-state index contributed by atoms with van der Waals surface area (Å²) < 4.78 is 37.0. The first-order valence-electron chi connectivity index (χ1n) is 10.3. The van der Waals surface area contributed by atoms with Gasteiger partial charge in [0, 0.05) is 11.6 Å². The van der Waals surface area contributed by atoms with Crippen LogP contribution in [0.2, 0.25) is 0 Å². The molecule has 2 aromatic rings. The zero-order valence-corrected chi connectivity index (χ0v) is 18.4. The molecule has 1 fully saturated rings. The van der Waals surface area contributed by atoms with Gasteiger partial charge in [0.2, 0.25) is 5.91 Å². The Kier molecular flexibility index (Phi) is 6.44. The molecule has 0 aliphatic heterocycles. The van der Waals surface area contributed by atoms with Crippen molar-refractivity contribution in [1.82, 2.24) is 5.43 Å². The van der Waals surface area contributed by atoms with Crippen LogP contribution in [0.4, 0.5) is 18.9 Å². The topological polar surface area (TPSA) is 70.6 Å². The fourth-order valence-corrected chi connectivity index (χ4v) is 3.37. The van der Waals surface area contributed by atoms with Crippen LogP contribution in [0.1, 0.15) is 56.7 Å². The smallest absolute Gasteiger partial charge is 0.318 e. The predicted molar refractivity (Wildman–Crippen MR) is 117 cm³/mol. The predicted octanol–water partition coefficient (Wildman–Crippen LogP) is 5.13. The molecule has 1 aliphatic carbocycles. The van der Waals surface area contributed by atoms with Crippen molar-refractivity contribution >= 4 is 23.2 Å². The molecule has 0 spiro atoms. The molecule has 2 atom stereocenters. The molecule has 0 aromatic heterocycles. The van der Waals surface area contributed by atoms with Crippen molar-refractivity contribution in [3.63, 3.8) is 0 Å². The number of alkyl halides is 3. The number of halogens is 3. The van der Waals surface area contributed by atoms with Crippen molar-refractivity contribution in [2.45, 2.75) is 51.6 Å². The molecule has 2 unspecified atom stereocenters. The van der Waals surface area contributed by atoms with E-state index in [1.54, 1.807) is 12.2 Å². The number of nitrogens with one attached hydrogen (secondary N) is 2. The second-order valence-corrected chi connectivity index (χ2v) is 9.02. The maximum absolute atomic E-state index is 12.4. The summed E-state index contributed by atoms with van der Waals surface area (Å²) in [5.74, 6) is -2.15. The third-order valence-electron chi connectivity index (χ3n) is 5.48. The van der Waals surface area contributed by atoms with Crippen LogP contribution in [-0.2, 0) is 15.0 Å². The minimum absolute atomic E-state index is 0.0196. The third-order valence-corrected chi connectivity index (χ3v) is 5.48. The summed E-state index contributed by atoms with van der Waals surface area (Å²) in [6, 6.07) is 14.1. The highest BCUT2D eigenvalue weighted by Gasteiger charge is 2.44. The van der Waals surface area contributed by atoms with Crippen LogP contribution in [0.3, 0.4) is 0 Å². The van der Waals surface area contributed by atoms with Crippen molar-refractivity contribution in [2.75, 3.05) is 5.32 Å². The molecule has 8 heteroatoms. The number of amides is 2. The molecular formula is C24H26F3N3O2. The van der Waals surface area contributed by atoms with Crippen molar-refractivity contribution < 1.29 is 22.8 Å². The highest BCUT2D eigenvalue weighted by Crippen LogP contribution is 2.47. The zero-order chi connectivity index (χ0) is 23.7. The molecule has 1 aliphatic rings. The maximum Gasteiger partial charge on any atom is 0.471 e. The SMILES string of the molecule is CC(=NNC(=O)C1CC1c1ccc(C(C)(C)C)cc1)c1ccc(NC(=O)C(F)(F)F)cc1. The van der Waals surface area contributed by atoms with E-state index in [0.29, 0.717) is 11.3 Å². The fourth-order valence-electron chi connectivity index (χ4n) is 3.37. The molecule has 0 radical (unpaired) electrons. The standard InChI is InChI=1S/C24H26F3N3O2/c1-14(15-7-11-18(12-8-15)28-22(32)24(25,26)27)29-30-21(31)20-13-19(20)16-5-9-17(10-6-16)23(2,3)4/h5-12,19-20H,13H2,1-4H3,(H,28,32)(H,30,31). The van der Waals surface area contributed by atoms with Crippen LogP contribution in [0.15, 0.2) is 53.6 Å². The van der Waals surface area contributed by atoms with Gasteiger partial charge in [-0.25, -0.2) is 5.43 Å². The van der Waals surface area contributed by atoms with Crippen LogP contribution in [0.25, 0.3) is 0 Å². The van der Waals surface area contributed by atoms with Crippen LogP contribution in [0, 0.1) is 5.92 Å². The summed E-state index contributed by atoms with van der Waals surface area (Å²) in [6.07, 6.45) is -4.18. The van der Waals surface area contributed by atoms with E-state index in [-0.39, 0.29) is 28.8 Å². The van der Waals surface area contributed by atoms with Crippen LogP contribution in [0.5, 0.6) is 0 Å². The summed E-state index contributed by atoms with van der Waals surface area (Å²) in [4.78, 5) is 23.4. The normalized spacial score (nSPS) is 18.8. The number of carbonyl (C=O) groups is 2. The largest absolute Gasteiger partial charge is 0.471 e. The van der Waals surface area contributed by atoms with E-state index in [1.807, 2.05) is 0 Å². The fraction of sp³-hybridized carbons (Fsp3) is 0.375. The molecule has 0 bridgehead atoms. The Bertz CT molecular complexity index is 1020. The number of rotatable bonds is 5. The Morgan fingerprint density at radius 3 is 2.09 bits per heavy atom. The Morgan fingerprint density at radius 2 is 1.56 bits per heavy atom. The Balaban J connectivity index is 1.55. The second kappa shape index (κ2) is 8.76. The van der Waals surface area contributed by atoms with Gasteiger partial charge in [0.25, 0.3) is 0 Å². The highest BCUT2D eigenvalue weighted by molar-refractivity contribution is 6.00. The monoisotopic (exact) mass is 445 g/mol. The number of hydrazone groups is 1. The molecule has 2 N–H and O–H groups in total. The number of benzene rings is 2. The average Bonchev–Trinajstić information content (AvgIpc) is 3.52. The van der Waals surface area contributed by atoms with Gasteiger partial charge in [-0.2, -0.15) is 18.3 Å². The molecule has 3 rings (SSSR count). The van der Waals surface area contributed by atoms with Crippen molar-refractivity contribution in [3.8, 4) is 0 Å². The number of hydrogen-bond acceptors (Lipinski definition) is 3.